The van der Waals surface area contributed by atoms with Gasteiger partial charge in [-0.1, -0.05) is 6.07 Å². The number of piperidine rings is 1. The van der Waals surface area contributed by atoms with Gasteiger partial charge in [-0.3, -0.25) is 4.90 Å². The summed E-state index contributed by atoms with van der Waals surface area (Å²) in [6, 6.07) is 9.10. The largest absolute Gasteiger partial charge is 0.487 e. The van der Waals surface area contributed by atoms with Gasteiger partial charge >= 0.3 is 6.09 Å². The molecule has 3 saturated heterocycles. The van der Waals surface area contributed by atoms with Crippen LogP contribution in [0.4, 0.5) is 22.0 Å². The molecule has 6 rings (SSSR count). The normalized spacial score (nSPS) is 22.4. The Hall–Kier alpha value is -3.04. The molecule has 0 aliphatic carbocycles. The van der Waals surface area contributed by atoms with E-state index in [0.29, 0.717) is 18.6 Å². The molecule has 4 aliphatic heterocycles. The van der Waals surface area contributed by atoms with E-state index in [2.05, 4.69) is 44.4 Å². The summed E-state index contributed by atoms with van der Waals surface area (Å²) in [5, 5.41) is 3.59. The summed E-state index contributed by atoms with van der Waals surface area (Å²) in [5.41, 5.74) is 4.16. The number of morpholine rings is 1. The van der Waals surface area contributed by atoms with Gasteiger partial charge in [-0.2, -0.15) is 0 Å². The van der Waals surface area contributed by atoms with Crippen molar-refractivity contribution in [2.24, 2.45) is 0 Å². The van der Waals surface area contributed by atoms with Crippen LogP contribution in [-0.4, -0.2) is 85.0 Å². The Labute approximate surface area is 231 Å². The van der Waals surface area contributed by atoms with Crippen LogP contribution in [0.3, 0.4) is 0 Å². The Kier molecular flexibility index (Phi) is 7.29. The number of benzene rings is 1. The Balaban J connectivity index is 1.09. The quantitative estimate of drug-likeness (QED) is 0.604. The number of carbonyl (C=O) groups is 1. The Bertz CT molecular complexity index is 1180. The molecule has 210 valence electrons. The van der Waals surface area contributed by atoms with Crippen LogP contribution in [0.25, 0.3) is 0 Å². The number of hydrogen-bond donors (Lipinski definition) is 1. The number of rotatable bonds is 3. The number of nitrogens with one attached hydrogen (secondary N) is 1. The first kappa shape index (κ1) is 26.2. The molecule has 1 aromatic carbocycles. The number of likely N-dealkylation sites (tertiary alicyclic amines) is 2. The van der Waals surface area contributed by atoms with Crippen LogP contribution < -0.4 is 15.0 Å². The van der Waals surface area contributed by atoms with Crippen molar-refractivity contribution in [2.75, 3.05) is 62.7 Å². The van der Waals surface area contributed by atoms with Crippen LogP contribution in [0.1, 0.15) is 57.1 Å². The van der Waals surface area contributed by atoms with Crippen LogP contribution in [0.5, 0.6) is 5.75 Å². The van der Waals surface area contributed by atoms with Crippen LogP contribution in [0.15, 0.2) is 30.5 Å². The number of ether oxygens (including phenoxy) is 3. The smallest absolute Gasteiger partial charge is 0.410 e. The molecule has 1 atom stereocenters. The summed E-state index contributed by atoms with van der Waals surface area (Å²) in [6.45, 7) is 13.2. The van der Waals surface area contributed by atoms with Gasteiger partial charge in [-0.05, 0) is 82.8 Å². The molecule has 0 bridgehead atoms. The number of hydrogen-bond acceptors (Lipinski definition) is 8. The van der Waals surface area contributed by atoms with Crippen molar-refractivity contribution in [3.8, 4) is 5.75 Å². The minimum absolute atomic E-state index is 0.187. The maximum atomic E-state index is 12.5. The molecule has 3 fully saturated rings. The fourth-order valence-corrected chi connectivity index (χ4v) is 6.27. The molecule has 9 nitrogen and oxygen atoms in total. The van der Waals surface area contributed by atoms with E-state index >= 15 is 0 Å². The van der Waals surface area contributed by atoms with E-state index < -0.39 is 5.60 Å². The summed E-state index contributed by atoms with van der Waals surface area (Å²) in [7, 11) is 0. The monoisotopic (exact) mass is 535 g/mol. The Morgan fingerprint density at radius 2 is 1.85 bits per heavy atom. The van der Waals surface area contributed by atoms with Crippen LogP contribution >= 0.6 is 0 Å². The SMILES string of the molecule is CC(C)(C)OC(=O)N1CCC(N2CCC(c3ccc4c(c3)Nc3nccc(N5CCOCC5)c3CO4)CC2)C1. The summed E-state index contributed by atoms with van der Waals surface area (Å²) in [4.78, 5) is 24.0. The number of pyridine rings is 1. The molecule has 0 radical (unpaired) electrons. The number of fused-ring (bicyclic) bond motifs is 2. The molecule has 39 heavy (non-hydrogen) atoms. The first-order chi connectivity index (χ1) is 18.8. The van der Waals surface area contributed by atoms with E-state index in [9.17, 15) is 4.79 Å². The van der Waals surface area contributed by atoms with Crippen molar-refractivity contribution in [3.63, 3.8) is 0 Å². The maximum absolute atomic E-state index is 12.5. The Morgan fingerprint density at radius 1 is 1.05 bits per heavy atom. The van der Waals surface area contributed by atoms with Gasteiger partial charge in [-0.15, -0.1) is 0 Å². The first-order valence-corrected chi connectivity index (χ1v) is 14.4. The molecule has 0 saturated carbocycles. The average Bonchev–Trinajstić information content (AvgIpc) is 3.35. The van der Waals surface area contributed by atoms with Gasteiger partial charge in [-0.25, -0.2) is 9.78 Å². The molecule has 1 amide bonds. The highest BCUT2D eigenvalue weighted by Crippen LogP contribution is 2.40. The maximum Gasteiger partial charge on any atom is 0.410 e. The highest BCUT2D eigenvalue weighted by Gasteiger charge is 2.35. The molecular weight excluding hydrogens is 494 g/mol. The van der Waals surface area contributed by atoms with Crippen molar-refractivity contribution in [1.82, 2.24) is 14.8 Å². The average molecular weight is 536 g/mol. The molecule has 2 aromatic rings. The highest BCUT2D eigenvalue weighted by molar-refractivity contribution is 5.73. The lowest BCUT2D eigenvalue weighted by atomic mass is 9.88. The molecule has 4 aliphatic rings. The zero-order valence-corrected chi connectivity index (χ0v) is 23.4. The Morgan fingerprint density at radius 3 is 2.62 bits per heavy atom. The van der Waals surface area contributed by atoms with Crippen LogP contribution in [0.2, 0.25) is 0 Å². The van der Waals surface area contributed by atoms with Crippen molar-refractivity contribution in [1.29, 1.82) is 0 Å². The summed E-state index contributed by atoms with van der Waals surface area (Å²) in [5.74, 6) is 2.25. The molecular formula is C30H41N5O4. The second kappa shape index (κ2) is 10.8. The van der Waals surface area contributed by atoms with E-state index in [1.54, 1.807) is 0 Å². The predicted molar refractivity (Wildman–Crippen MR) is 151 cm³/mol. The molecule has 1 N–H and O–H groups in total. The third-order valence-electron chi connectivity index (χ3n) is 8.34. The molecule has 9 heteroatoms. The van der Waals surface area contributed by atoms with Gasteiger partial charge in [0.1, 0.15) is 23.8 Å². The lowest BCUT2D eigenvalue weighted by Gasteiger charge is -2.36. The number of anilines is 3. The molecule has 0 spiro atoms. The summed E-state index contributed by atoms with van der Waals surface area (Å²) < 4.78 is 17.4. The molecule has 1 unspecified atom stereocenters. The lowest BCUT2D eigenvalue weighted by Crippen LogP contribution is -2.43. The van der Waals surface area contributed by atoms with E-state index in [0.717, 1.165) is 94.6 Å². The number of aromatic nitrogens is 1. The predicted octanol–water partition coefficient (Wildman–Crippen LogP) is 4.74. The first-order valence-electron chi connectivity index (χ1n) is 14.4. The lowest BCUT2D eigenvalue weighted by molar-refractivity contribution is 0.0276. The molecule has 5 heterocycles. The second-order valence-electron chi connectivity index (χ2n) is 12.1. The van der Waals surface area contributed by atoms with E-state index in [-0.39, 0.29) is 6.09 Å². The fraction of sp³-hybridized carbons (Fsp3) is 0.600. The number of amides is 1. The standard InChI is InChI=1S/C30H41N5O4/c1-30(2,3)39-29(36)35-13-9-23(19-35)33-11-7-21(8-12-33)22-4-5-27-25(18-22)32-28-24(20-38-27)26(6-10-31-28)34-14-16-37-17-15-34/h4-6,10,18,21,23H,7-9,11-17,19-20H2,1-3H3,(H,31,32). The van der Waals surface area contributed by atoms with Crippen molar-refractivity contribution < 1.29 is 19.0 Å². The van der Waals surface area contributed by atoms with Crippen molar-refractivity contribution in [3.05, 3.63) is 41.6 Å². The fourth-order valence-electron chi connectivity index (χ4n) is 6.27. The van der Waals surface area contributed by atoms with Crippen molar-refractivity contribution in [2.45, 2.75) is 64.2 Å². The van der Waals surface area contributed by atoms with Gasteiger partial charge in [0, 0.05) is 44.1 Å². The van der Waals surface area contributed by atoms with Gasteiger partial charge in [0.05, 0.1) is 24.5 Å². The van der Waals surface area contributed by atoms with Gasteiger partial charge in [0.2, 0.25) is 0 Å². The van der Waals surface area contributed by atoms with Gasteiger partial charge < -0.3 is 29.3 Å². The number of carbonyl (C=O) groups excluding carboxylic acids is 1. The minimum atomic E-state index is -0.454. The topological polar surface area (TPSA) is 79.4 Å². The highest BCUT2D eigenvalue weighted by atomic mass is 16.6. The third-order valence-corrected chi connectivity index (χ3v) is 8.34. The van der Waals surface area contributed by atoms with Crippen LogP contribution in [-0.2, 0) is 16.1 Å². The minimum Gasteiger partial charge on any atom is -0.487 e. The van der Waals surface area contributed by atoms with E-state index in [4.69, 9.17) is 14.2 Å². The summed E-state index contributed by atoms with van der Waals surface area (Å²) >= 11 is 0. The third kappa shape index (κ3) is 5.79. The van der Waals surface area contributed by atoms with Crippen LogP contribution in [0, 0.1) is 0 Å². The summed E-state index contributed by atoms with van der Waals surface area (Å²) in [6.07, 6.45) is 4.93. The zero-order chi connectivity index (χ0) is 27.0. The van der Waals surface area contributed by atoms with Gasteiger partial charge in [0.15, 0.2) is 0 Å². The zero-order valence-electron chi connectivity index (χ0n) is 23.4. The second-order valence-corrected chi connectivity index (χ2v) is 12.1. The molecule has 1 aromatic heterocycles. The number of nitrogens with zero attached hydrogens (tertiary/aromatic N) is 4. The van der Waals surface area contributed by atoms with Crippen molar-refractivity contribution >= 4 is 23.3 Å². The van der Waals surface area contributed by atoms with E-state index in [1.807, 2.05) is 31.9 Å². The van der Waals surface area contributed by atoms with E-state index in [1.165, 1.54) is 11.3 Å². The van der Waals surface area contributed by atoms with Gasteiger partial charge in [0.25, 0.3) is 0 Å².